The van der Waals surface area contributed by atoms with Crippen LogP contribution in [0.1, 0.15) is 31.2 Å². The molecule has 0 aliphatic carbocycles. The van der Waals surface area contributed by atoms with Crippen LogP contribution in [0.4, 0.5) is 5.82 Å². The van der Waals surface area contributed by atoms with Crippen LogP contribution in [-0.2, 0) is 6.54 Å². The van der Waals surface area contributed by atoms with E-state index in [4.69, 9.17) is 23.2 Å². The number of benzene rings is 1. The van der Waals surface area contributed by atoms with Gasteiger partial charge in [-0.15, -0.1) is 0 Å². The van der Waals surface area contributed by atoms with Gasteiger partial charge in [0.1, 0.15) is 16.8 Å². The summed E-state index contributed by atoms with van der Waals surface area (Å²) in [7, 11) is 1.98. The summed E-state index contributed by atoms with van der Waals surface area (Å²) in [5, 5.41) is 1.21. The van der Waals surface area contributed by atoms with Crippen molar-refractivity contribution in [3.63, 3.8) is 0 Å². The molecule has 0 N–H and O–H groups in total. The van der Waals surface area contributed by atoms with Gasteiger partial charge < -0.3 is 4.90 Å². The van der Waals surface area contributed by atoms with E-state index in [2.05, 4.69) is 23.8 Å². The highest BCUT2D eigenvalue weighted by atomic mass is 35.5. The van der Waals surface area contributed by atoms with Gasteiger partial charge in [-0.3, -0.25) is 0 Å². The van der Waals surface area contributed by atoms with Gasteiger partial charge in [-0.2, -0.15) is 0 Å². The molecule has 0 saturated heterocycles. The second-order valence-corrected chi connectivity index (χ2v) is 5.87. The van der Waals surface area contributed by atoms with Crippen LogP contribution in [-0.4, -0.2) is 17.0 Å². The van der Waals surface area contributed by atoms with Gasteiger partial charge in [0.2, 0.25) is 0 Å². The van der Waals surface area contributed by atoms with E-state index in [1.165, 1.54) is 0 Å². The zero-order chi connectivity index (χ0) is 14.7. The van der Waals surface area contributed by atoms with Crippen LogP contribution < -0.4 is 4.90 Å². The summed E-state index contributed by atoms with van der Waals surface area (Å²) in [6.45, 7) is 4.84. The second kappa shape index (κ2) is 6.42. The highest BCUT2D eigenvalue weighted by molar-refractivity contribution is 6.30. The topological polar surface area (TPSA) is 29.0 Å². The lowest BCUT2D eigenvalue weighted by atomic mass is 10.2. The molecule has 1 aromatic heterocycles. The number of rotatable bonds is 4. The van der Waals surface area contributed by atoms with Gasteiger partial charge in [0.05, 0.1) is 0 Å². The summed E-state index contributed by atoms with van der Waals surface area (Å²) >= 11 is 12.0. The van der Waals surface area contributed by atoms with E-state index < -0.39 is 0 Å². The van der Waals surface area contributed by atoms with E-state index >= 15 is 0 Å². The molecule has 0 spiro atoms. The fourth-order valence-corrected chi connectivity index (χ4v) is 2.13. The Morgan fingerprint density at radius 1 is 1.10 bits per heavy atom. The maximum absolute atomic E-state index is 6.07. The Hall–Kier alpha value is -1.32. The average molecular weight is 310 g/mol. The molecule has 106 valence electrons. The van der Waals surface area contributed by atoms with Gasteiger partial charge in [0.25, 0.3) is 0 Å². The van der Waals surface area contributed by atoms with Gasteiger partial charge in [-0.25, -0.2) is 9.97 Å². The maximum atomic E-state index is 6.07. The Morgan fingerprint density at radius 3 is 2.35 bits per heavy atom. The number of halogens is 2. The summed E-state index contributed by atoms with van der Waals surface area (Å²) in [5.74, 6) is 1.83. The van der Waals surface area contributed by atoms with Crippen LogP contribution in [0.3, 0.4) is 0 Å². The molecule has 3 nitrogen and oxygen atoms in total. The Balaban J connectivity index is 2.20. The molecule has 0 atom stereocenters. The molecule has 0 aliphatic rings. The fourth-order valence-electron chi connectivity index (χ4n) is 1.82. The van der Waals surface area contributed by atoms with Crippen molar-refractivity contribution in [2.45, 2.75) is 26.3 Å². The Kier molecular flexibility index (Phi) is 4.84. The van der Waals surface area contributed by atoms with Crippen molar-refractivity contribution in [1.29, 1.82) is 0 Å². The van der Waals surface area contributed by atoms with Crippen molar-refractivity contribution in [3.8, 4) is 0 Å². The molecule has 0 bridgehead atoms. The molecule has 1 heterocycles. The molecule has 0 fully saturated rings. The minimum Gasteiger partial charge on any atom is -0.355 e. The maximum Gasteiger partial charge on any atom is 0.135 e. The standard InChI is InChI=1S/C15H17Cl2N3/c1-10(2)15-18-13(17)8-14(19-15)20(3)9-11-4-6-12(16)7-5-11/h4-8,10H,9H2,1-3H3. The first kappa shape index (κ1) is 15.1. The lowest BCUT2D eigenvalue weighted by molar-refractivity contribution is 0.762. The van der Waals surface area contributed by atoms with Crippen molar-refractivity contribution in [2.75, 3.05) is 11.9 Å². The van der Waals surface area contributed by atoms with Gasteiger partial charge >= 0.3 is 0 Å². The smallest absolute Gasteiger partial charge is 0.135 e. The quantitative estimate of drug-likeness (QED) is 0.776. The van der Waals surface area contributed by atoms with E-state index in [1.54, 1.807) is 6.07 Å². The number of hydrogen-bond acceptors (Lipinski definition) is 3. The summed E-state index contributed by atoms with van der Waals surface area (Å²) < 4.78 is 0. The zero-order valence-corrected chi connectivity index (χ0v) is 13.3. The molecular formula is C15H17Cl2N3. The summed E-state index contributed by atoms with van der Waals surface area (Å²) in [6, 6.07) is 9.56. The van der Waals surface area contributed by atoms with Crippen LogP contribution >= 0.6 is 23.2 Å². The van der Waals surface area contributed by atoms with Crippen molar-refractivity contribution in [2.24, 2.45) is 0 Å². The lowest BCUT2D eigenvalue weighted by Gasteiger charge is -2.19. The first-order chi connectivity index (χ1) is 9.45. The van der Waals surface area contributed by atoms with Gasteiger partial charge in [-0.1, -0.05) is 49.2 Å². The van der Waals surface area contributed by atoms with Crippen molar-refractivity contribution >= 4 is 29.0 Å². The Morgan fingerprint density at radius 2 is 1.75 bits per heavy atom. The normalized spacial score (nSPS) is 10.9. The number of nitrogens with zero attached hydrogens (tertiary/aromatic N) is 3. The Bertz CT molecular complexity index is 582. The molecule has 2 rings (SSSR count). The zero-order valence-electron chi connectivity index (χ0n) is 11.8. The second-order valence-electron chi connectivity index (χ2n) is 5.04. The van der Waals surface area contributed by atoms with E-state index in [-0.39, 0.29) is 5.92 Å². The summed E-state index contributed by atoms with van der Waals surface area (Å²) in [5.41, 5.74) is 1.16. The molecular weight excluding hydrogens is 293 g/mol. The van der Waals surface area contributed by atoms with Crippen molar-refractivity contribution in [1.82, 2.24) is 9.97 Å². The van der Waals surface area contributed by atoms with Crippen LogP contribution in [0.5, 0.6) is 0 Å². The van der Waals surface area contributed by atoms with Crippen LogP contribution in [0.25, 0.3) is 0 Å². The molecule has 1 aromatic carbocycles. The summed E-state index contributed by atoms with van der Waals surface area (Å²) in [6.07, 6.45) is 0. The highest BCUT2D eigenvalue weighted by Gasteiger charge is 2.10. The molecule has 0 saturated carbocycles. The molecule has 20 heavy (non-hydrogen) atoms. The summed E-state index contributed by atoms with van der Waals surface area (Å²) in [4.78, 5) is 10.8. The van der Waals surface area contributed by atoms with Crippen LogP contribution in [0.2, 0.25) is 10.2 Å². The predicted octanol–water partition coefficient (Wildman–Crippen LogP) is 4.54. The predicted molar refractivity (Wildman–Crippen MR) is 84.7 cm³/mol. The van der Waals surface area contributed by atoms with Crippen molar-refractivity contribution in [3.05, 3.63) is 51.9 Å². The third-order valence-corrected chi connectivity index (χ3v) is 3.38. The lowest BCUT2D eigenvalue weighted by Crippen LogP contribution is -2.18. The minimum absolute atomic E-state index is 0.247. The van der Waals surface area contributed by atoms with Gasteiger partial charge in [0.15, 0.2) is 0 Å². The number of aromatic nitrogens is 2. The van der Waals surface area contributed by atoms with Gasteiger partial charge in [0, 0.05) is 30.6 Å². The molecule has 0 radical (unpaired) electrons. The first-order valence-electron chi connectivity index (χ1n) is 6.46. The third-order valence-electron chi connectivity index (χ3n) is 2.94. The molecule has 0 unspecified atom stereocenters. The average Bonchev–Trinajstić information content (AvgIpc) is 2.40. The number of anilines is 1. The van der Waals surface area contributed by atoms with Crippen LogP contribution in [0, 0.1) is 0 Å². The SMILES string of the molecule is CC(C)c1nc(Cl)cc(N(C)Cc2ccc(Cl)cc2)n1. The Labute approximate surface area is 129 Å². The number of hydrogen-bond donors (Lipinski definition) is 0. The third kappa shape index (κ3) is 3.84. The monoisotopic (exact) mass is 309 g/mol. The molecule has 2 aromatic rings. The fraction of sp³-hybridized carbons (Fsp3) is 0.333. The van der Waals surface area contributed by atoms with E-state index in [0.717, 1.165) is 28.8 Å². The molecule has 0 amide bonds. The van der Waals surface area contributed by atoms with Gasteiger partial charge in [-0.05, 0) is 17.7 Å². The first-order valence-corrected chi connectivity index (χ1v) is 7.21. The van der Waals surface area contributed by atoms with E-state index in [9.17, 15) is 0 Å². The molecule has 5 heteroatoms. The van der Waals surface area contributed by atoms with Crippen LogP contribution in [0.15, 0.2) is 30.3 Å². The highest BCUT2D eigenvalue weighted by Crippen LogP contribution is 2.21. The molecule has 0 aliphatic heterocycles. The largest absolute Gasteiger partial charge is 0.355 e. The van der Waals surface area contributed by atoms with Crippen molar-refractivity contribution < 1.29 is 0 Å². The van der Waals surface area contributed by atoms with E-state index in [1.807, 2.05) is 36.2 Å². The minimum atomic E-state index is 0.247. The van der Waals surface area contributed by atoms with E-state index in [0.29, 0.717) is 5.15 Å².